The average molecular weight is 357 g/mol. The van der Waals surface area contributed by atoms with E-state index < -0.39 is 0 Å². The first-order chi connectivity index (χ1) is 12.1. The fourth-order valence-corrected chi connectivity index (χ4v) is 3.61. The van der Waals surface area contributed by atoms with Gasteiger partial charge in [0.15, 0.2) is 0 Å². The Kier molecular flexibility index (Phi) is 6.11. The van der Waals surface area contributed by atoms with Crippen molar-refractivity contribution in [2.45, 2.75) is 32.9 Å². The molecule has 0 aliphatic carbocycles. The molecule has 132 valence electrons. The minimum absolute atomic E-state index is 0.0558. The fourth-order valence-electron chi connectivity index (χ4n) is 3.42. The van der Waals surface area contributed by atoms with E-state index in [1.165, 1.54) is 11.1 Å². The lowest BCUT2D eigenvalue weighted by atomic mass is 9.96. The minimum atomic E-state index is 0.0558. The van der Waals surface area contributed by atoms with E-state index in [1.807, 2.05) is 30.3 Å². The molecule has 25 heavy (non-hydrogen) atoms. The van der Waals surface area contributed by atoms with Crippen molar-refractivity contribution >= 4 is 17.5 Å². The lowest BCUT2D eigenvalue weighted by Crippen LogP contribution is -2.42. The number of hydrogen-bond donors (Lipinski definition) is 1. The molecule has 0 spiro atoms. The van der Waals surface area contributed by atoms with E-state index in [4.69, 9.17) is 11.6 Å². The molecule has 1 heterocycles. The largest absolute Gasteiger partial charge is 0.352 e. The predicted molar refractivity (Wildman–Crippen MR) is 102 cm³/mol. The van der Waals surface area contributed by atoms with Gasteiger partial charge in [-0.1, -0.05) is 54.1 Å². The summed E-state index contributed by atoms with van der Waals surface area (Å²) in [5, 5.41) is 3.91. The third kappa shape index (κ3) is 4.83. The molecule has 3 nitrogen and oxygen atoms in total. The van der Waals surface area contributed by atoms with Gasteiger partial charge in [0.2, 0.25) is 5.91 Å². The van der Waals surface area contributed by atoms with E-state index in [2.05, 4.69) is 35.3 Å². The normalized spacial score (nSPS) is 18.1. The second-order valence-corrected chi connectivity index (χ2v) is 7.22. The van der Waals surface area contributed by atoms with Gasteiger partial charge in [-0.15, -0.1) is 0 Å². The van der Waals surface area contributed by atoms with Crippen LogP contribution in [-0.4, -0.2) is 23.9 Å². The highest BCUT2D eigenvalue weighted by Crippen LogP contribution is 2.22. The van der Waals surface area contributed by atoms with Gasteiger partial charge >= 0.3 is 0 Å². The molecule has 0 bridgehead atoms. The molecule has 1 aliphatic rings. The van der Waals surface area contributed by atoms with Crippen molar-refractivity contribution in [3.63, 3.8) is 0 Å². The minimum Gasteiger partial charge on any atom is -0.352 e. The summed E-state index contributed by atoms with van der Waals surface area (Å²) in [6.45, 7) is 5.30. The number of benzene rings is 2. The zero-order chi connectivity index (χ0) is 17.6. The van der Waals surface area contributed by atoms with E-state index in [1.54, 1.807) is 0 Å². The first kappa shape index (κ1) is 18.0. The summed E-state index contributed by atoms with van der Waals surface area (Å²) in [5.41, 5.74) is 3.52. The van der Waals surface area contributed by atoms with Crippen LogP contribution in [0.25, 0.3) is 0 Å². The number of amides is 1. The van der Waals surface area contributed by atoms with Gasteiger partial charge < -0.3 is 5.32 Å². The zero-order valence-corrected chi connectivity index (χ0v) is 15.4. The Labute approximate surface area is 155 Å². The molecule has 2 aromatic rings. The van der Waals surface area contributed by atoms with Crippen LogP contribution < -0.4 is 5.32 Å². The van der Waals surface area contributed by atoms with Crippen molar-refractivity contribution in [2.24, 2.45) is 5.92 Å². The molecule has 4 heteroatoms. The smallest absolute Gasteiger partial charge is 0.224 e. The number of piperidine rings is 1. The van der Waals surface area contributed by atoms with Gasteiger partial charge in [0.1, 0.15) is 0 Å². The predicted octanol–water partition coefficient (Wildman–Crippen LogP) is 4.18. The molecule has 1 saturated heterocycles. The maximum Gasteiger partial charge on any atom is 0.224 e. The van der Waals surface area contributed by atoms with E-state index in [0.717, 1.165) is 43.1 Å². The number of aryl methyl sites for hydroxylation is 1. The van der Waals surface area contributed by atoms with Gasteiger partial charge in [-0.05, 0) is 49.1 Å². The standard InChI is InChI=1S/C21H25ClN2O/c1-16-7-2-3-8-17(16)13-23-21(25)19-10-6-12-24(15-19)14-18-9-4-5-11-20(18)22/h2-5,7-9,11,19H,6,10,12-15H2,1H3,(H,23,25). The average Bonchev–Trinajstić information content (AvgIpc) is 2.63. The van der Waals surface area contributed by atoms with Crippen LogP contribution in [0.4, 0.5) is 0 Å². The van der Waals surface area contributed by atoms with Crippen molar-refractivity contribution < 1.29 is 4.79 Å². The third-order valence-electron chi connectivity index (χ3n) is 4.94. The molecule has 0 saturated carbocycles. The molecular weight excluding hydrogens is 332 g/mol. The topological polar surface area (TPSA) is 32.3 Å². The van der Waals surface area contributed by atoms with Crippen LogP contribution in [0.1, 0.15) is 29.5 Å². The number of halogens is 1. The highest BCUT2D eigenvalue weighted by Gasteiger charge is 2.25. The van der Waals surface area contributed by atoms with E-state index in [-0.39, 0.29) is 11.8 Å². The van der Waals surface area contributed by atoms with E-state index in [9.17, 15) is 4.79 Å². The van der Waals surface area contributed by atoms with Gasteiger partial charge in [-0.25, -0.2) is 0 Å². The van der Waals surface area contributed by atoms with Crippen LogP contribution >= 0.6 is 11.6 Å². The summed E-state index contributed by atoms with van der Waals surface area (Å²) >= 11 is 6.27. The number of rotatable bonds is 5. The molecule has 1 aliphatic heterocycles. The van der Waals surface area contributed by atoms with Gasteiger partial charge in [0.25, 0.3) is 0 Å². The molecule has 3 rings (SSSR count). The Morgan fingerprint density at radius 3 is 2.64 bits per heavy atom. The molecule has 1 atom stereocenters. The van der Waals surface area contributed by atoms with Gasteiger partial charge in [0, 0.05) is 24.7 Å². The van der Waals surface area contributed by atoms with Crippen molar-refractivity contribution in [3.05, 3.63) is 70.2 Å². The van der Waals surface area contributed by atoms with Crippen LogP contribution in [0, 0.1) is 12.8 Å². The zero-order valence-electron chi connectivity index (χ0n) is 14.7. The Morgan fingerprint density at radius 1 is 1.16 bits per heavy atom. The molecular formula is C21H25ClN2O. The molecule has 0 radical (unpaired) electrons. The summed E-state index contributed by atoms with van der Waals surface area (Å²) in [7, 11) is 0. The quantitative estimate of drug-likeness (QED) is 0.871. The van der Waals surface area contributed by atoms with E-state index >= 15 is 0 Å². The Hall–Kier alpha value is -1.84. The molecule has 1 unspecified atom stereocenters. The summed E-state index contributed by atoms with van der Waals surface area (Å²) in [6.07, 6.45) is 2.01. The summed E-state index contributed by atoms with van der Waals surface area (Å²) in [6, 6.07) is 16.1. The first-order valence-electron chi connectivity index (χ1n) is 8.91. The second-order valence-electron chi connectivity index (χ2n) is 6.81. The number of carbonyl (C=O) groups is 1. The maximum absolute atomic E-state index is 12.6. The van der Waals surface area contributed by atoms with Gasteiger partial charge in [-0.3, -0.25) is 9.69 Å². The lowest BCUT2D eigenvalue weighted by Gasteiger charge is -2.32. The summed E-state index contributed by atoms with van der Waals surface area (Å²) < 4.78 is 0. The van der Waals surface area contributed by atoms with Gasteiger partial charge in [0.05, 0.1) is 5.92 Å². The monoisotopic (exact) mass is 356 g/mol. The Bertz CT molecular complexity index is 731. The maximum atomic E-state index is 12.6. The van der Waals surface area contributed by atoms with E-state index in [0.29, 0.717) is 6.54 Å². The van der Waals surface area contributed by atoms with Gasteiger partial charge in [-0.2, -0.15) is 0 Å². The Morgan fingerprint density at radius 2 is 1.88 bits per heavy atom. The highest BCUT2D eigenvalue weighted by molar-refractivity contribution is 6.31. The van der Waals surface area contributed by atoms with Crippen LogP contribution in [-0.2, 0) is 17.9 Å². The first-order valence-corrected chi connectivity index (χ1v) is 9.29. The highest BCUT2D eigenvalue weighted by atomic mass is 35.5. The Balaban J connectivity index is 1.55. The van der Waals surface area contributed by atoms with Crippen molar-refractivity contribution in [1.29, 1.82) is 0 Å². The third-order valence-corrected chi connectivity index (χ3v) is 5.31. The number of hydrogen-bond acceptors (Lipinski definition) is 2. The van der Waals surface area contributed by atoms with Crippen LogP contribution in [0.5, 0.6) is 0 Å². The van der Waals surface area contributed by atoms with Crippen LogP contribution in [0.3, 0.4) is 0 Å². The summed E-state index contributed by atoms with van der Waals surface area (Å²) in [5.74, 6) is 0.215. The number of likely N-dealkylation sites (tertiary alicyclic amines) is 1. The number of nitrogens with one attached hydrogen (secondary N) is 1. The fraction of sp³-hybridized carbons (Fsp3) is 0.381. The van der Waals surface area contributed by atoms with Crippen molar-refractivity contribution in [3.8, 4) is 0 Å². The van der Waals surface area contributed by atoms with Crippen molar-refractivity contribution in [1.82, 2.24) is 10.2 Å². The summed E-state index contributed by atoms with van der Waals surface area (Å²) in [4.78, 5) is 14.9. The number of nitrogens with zero attached hydrogens (tertiary/aromatic N) is 1. The molecule has 1 N–H and O–H groups in total. The lowest BCUT2D eigenvalue weighted by molar-refractivity contribution is -0.126. The SMILES string of the molecule is Cc1ccccc1CNC(=O)C1CCCN(Cc2ccccc2Cl)C1. The van der Waals surface area contributed by atoms with Crippen LogP contribution in [0.15, 0.2) is 48.5 Å². The molecule has 2 aromatic carbocycles. The van der Waals surface area contributed by atoms with Crippen molar-refractivity contribution in [2.75, 3.05) is 13.1 Å². The molecule has 1 fully saturated rings. The molecule has 1 amide bonds. The second kappa shape index (κ2) is 8.50. The molecule has 0 aromatic heterocycles. The van der Waals surface area contributed by atoms with Crippen LogP contribution in [0.2, 0.25) is 5.02 Å². The number of carbonyl (C=O) groups excluding carboxylic acids is 1.